The standard InChI is InChI=1S/C31H30N4O8S/c1-12-14-9-10-15(34-30-33-11-16(44-30)13-7-5-4-6-8-13)23(36)18(14)24(37)19-17(12)25(38)21-22(35(2)3)26(39)20(29(32)42)28(41)31(21,43)27(19)40/h4-12,17,21-22,25,36-38,41,43H,1-3H3,(H2,32,42)(H,33,34). The van der Waals surface area contributed by atoms with Gasteiger partial charge in [0.05, 0.1) is 34.2 Å². The number of rotatable bonds is 5. The number of phenolic OH excluding ortho intramolecular Hbond substituents is 1. The van der Waals surface area contributed by atoms with Crippen molar-refractivity contribution < 1.29 is 39.9 Å². The van der Waals surface area contributed by atoms with Gasteiger partial charge >= 0.3 is 0 Å². The quantitative estimate of drug-likeness (QED) is 0.163. The number of likely N-dealkylation sites (N-methyl/N-ethyl adjacent to an activating group) is 1. The maximum absolute atomic E-state index is 14.1. The molecule has 3 aliphatic carbocycles. The third kappa shape index (κ3) is 4.00. The van der Waals surface area contributed by atoms with E-state index in [0.717, 1.165) is 10.4 Å². The highest BCUT2D eigenvalue weighted by Gasteiger charge is 2.68. The Morgan fingerprint density at radius 3 is 2.41 bits per heavy atom. The highest BCUT2D eigenvalue weighted by molar-refractivity contribution is 7.18. The second kappa shape index (κ2) is 10.3. The number of hydrogen-bond acceptors (Lipinski definition) is 12. The Bertz CT molecular complexity index is 1800. The number of phenols is 1. The molecule has 0 radical (unpaired) electrons. The largest absolute Gasteiger partial charge is 0.508 e. The number of fused-ring (bicyclic) bond motifs is 3. The first-order valence-corrected chi connectivity index (χ1v) is 14.6. The van der Waals surface area contributed by atoms with Crippen molar-refractivity contribution in [3.8, 4) is 16.2 Å². The fourth-order valence-electron chi connectivity index (χ4n) is 6.90. The maximum atomic E-state index is 14.1. The number of nitrogens with zero attached hydrogens (tertiary/aromatic N) is 2. The molecule has 0 spiro atoms. The third-order valence-electron chi connectivity index (χ3n) is 8.94. The molecule has 3 aromatic rings. The SMILES string of the molecule is CC1c2ccc(Nc3ncc(-c4ccccc4)s3)c(O)c2C(O)=C2C(=O)C3(O)C(O)=C(C(N)=O)C(=O)C(N(C)C)C3C(O)C21. The van der Waals surface area contributed by atoms with Gasteiger partial charge in [0, 0.05) is 17.7 Å². The van der Waals surface area contributed by atoms with E-state index in [0.29, 0.717) is 10.7 Å². The summed E-state index contributed by atoms with van der Waals surface area (Å²) in [4.78, 5) is 46.2. The molecule has 1 aromatic heterocycles. The summed E-state index contributed by atoms with van der Waals surface area (Å²) in [5.74, 6) is -9.37. The van der Waals surface area contributed by atoms with Crippen LogP contribution in [0.3, 0.4) is 0 Å². The van der Waals surface area contributed by atoms with Crippen LogP contribution < -0.4 is 11.1 Å². The molecule has 3 aliphatic rings. The first-order valence-electron chi connectivity index (χ1n) is 13.8. The van der Waals surface area contributed by atoms with E-state index in [1.807, 2.05) is 30.3 Å². The van der Waals surface area contributed by atoms with Crippen molar-refractivity contribution in [1.29, 1.82) is 0 Å². The Morgan fingerprint density at radius 1 is 1.09 bits per heavy atom. The minimum Gasteiger partial charge on any atom is -0.508 e. The molecule has 6 unspecified atom stereocenters. The van der Waals surface area contributed by atoms with E-state index in [-0.39, 0.29) is 11.3 Å². The molecular formula is C31H30N4O8S. The average molecular weight is 619 g/mol. The van der Waals surface area contributed by atoms with Crippen molar-refractivity contribution in [2.24, 2.45) is 17.6 Å². The van der Waals surface area contributed by atoms with Crippen LogP contribution in [0.15, 0.2) is 65.6 Å². The molecule has 8 N–H and O–H groups in total. The van der Waals surface area contributed by atoms with Crippen molar-refractivity contribution in [3.05, 3.63) is 76.7 Å². The number of thiazole rings is 1. The Morgan fingerprint density at radius 2 is 1.77 bits per heavy atom. The van der Waals surface area contributed by atoms with Crippen molar-refractivity contribution in [2.75, 3.05) is 19.4 Å². The van der Waals surface area contributed by atoms with Gasteiger partial charge in [0.15, 0.2) is 16.5 Å². The van der Waals surface area contributed by atoms with Gasteiger partial charge in [-0.2, -0.15) is 0 Å². The Balaban J connectivity index is 1.47. The lowest BCUT2D eigenvalue weighted by molar-refractivity contribution is -0.169. The molecule has 0 aliphatic heterocycles. The number of nitrogens with one attached hydrogen (secondary N) is 1. The second-order valence-electron chi connectivity index (χ2n) is 11.5. The molecule has 1 amide bonds. The summed E-state index contributed by atoms with van der Waals surface area (Å²) < 4.78 is 0. The van der Waals surface area contributed by atoms with Crippen molar-refractivity contribution in [2.45, 2.75) is 30.6 Å². The van der Waals surface area contributed by atoms with Crippen LogP contribution in [-0.2, 0) is 14.4 Å². The first-order chi connectivity index (χ1) is 20.8. The van der Waals surface area contributed by atoms with Crippen LogP contribution in [0.4, 0.5) is 10.8 Å². The third-order valence-corrected chi connectivity index (χ3v) is 9.90. The van der Waals surface area contributed by atoms with Gasteiger partial charge in [-0.25, -0.2) is 4.98 Å². The van der Waals surface area contributed by atoms with Crippen LogP contribution in [0.5, 0.6) is 5.75 Å². The zero-order valence-corrected chi connectivity index (χ0v) is 24.7. The molecule has 6 rings (SSSR count). The molecular weight excluding hydrogens is 588 g/mol. The number of aromatic hydroxyl groups is 1. The summed E-state index contributed by atoms with van der Waals surface area (Å²) in [6, 6.07) is 11.4. The fraction of sp³-hybridized carbons (Fsp3) is 0.290. The Labute approximate surface area is 255 Å². The lowest BCUT2D eigenvalue weighted by Gasteiger charge is -2.53. The number of primary amides is 1. The molecule has 6 atom stereocenters. The first kappa shape index (κ1) is 29.5. The minimum absolute atomic E-state index is 0.106. The van der Waals surface area contributed by atoms with E-state index in [1.54, 1.807) is 25.3 Å². The smallest absolute Gasteiger partial charge is 0.255 e. The zero-order chi connectivity index (χ0) is 31.8. The van der Waals surface area contributed by atoms with Crippen LogP contribution in [0.2, 0.25) is 0 Å². The van der Waals surface area contributed by atoms with Crippen LogP contribution >= 0.6 is 11.3 Å². The summed E-state index contributed by atoms with van der Waals surface area (Å²) >= 11 is 1.33. The number of hydrogen-bond donors (Lipinski definition) is 7. The number of carbonyl (C=O) groups excluding carboxylic acids is 3. The number of aromatic nitrogens is 1. The second-order valence-corrected chi connectivity index (χ2v) is 12.5. The van der Waals surface area contributed by atoms with Crippen LogP contribution in [0.1, 0.15) is 24.0 Å². The van der Waals surface area contributed by atoms with Gasteiger partial charge in [-0.05, 0) is 37.2 Å². The summed E-state index contributed by atoms with van der Waals surface area (Å²) in [7, 11) is 2.92. The van der Waals surface area contributed by atoms with E-state index in [1.165, 1.54) is 30.3 Å². The Hall–Kier alpha value is -4.56. The fourth-order valence-corrected chi connectivity index (χ4v) is 7.73. The van der Waals surface area contributed by atoms with Gasteiger partial charge in [0.1, 0.15) is 22.8 Å². The summed E-state index contributed by atoms with van der Waals surface area (Å²) in [5, 5.41) is 61.0. The van der Waals surface area contributed by atoms with E-state index in [2.05, 4.69) is 10.3 Å². The number of carbonyl (C=O) groups is 3. The molecule has 0 bridgehead atoms. The topological polar surface area (TPSA) is 207 Å². The van der Waals surface area contributed by atoms with Crippen molar-refractivity contribution >= 4 is 45.4 Å². The monoisotopic (exact) mass is 618 g/mol. The van der Waals surface area contributed by atoms with Crippen LogP contribution in [0.25, 0.3) is 16.2 Å². The normalized spacial score (nSPS) is 28.1. The molecule has 1 fully saturated rings. The summed E-state index contributed by atoms with van der Waals surface area (Å²) in [5.41, 5.74) is 2.41. The summed E-state index contributed by atoms with van der Waals surface area (Å²) in [6.07, 6.45) is 0.0249. The zero-order valence-electron chi connectivity index (χ0n) is 23.8. The van der Waals surface area contributed by atoms with Gasteiger partial charge in [0.2, 0.25) is 5.78 Å². The highest BCUT2D eigenvalue weighted by Crippen LogP contribution is 2.56. The number of ketones is 2. The van der Waals surface area contributed by atoms with Crippen molar-refractivity contribution in [1.82, 2.24) is 9.88 Å². The lowest BCUT2D eigenvalue weighted by Crippen LogP contribution is -2.70. The van der Waals surface area contributed by atoms with Gasteiger partial charge in [-0.3, -0.25) is 19.3 Å². The molecule has 2 aromatic carbocycles. The number of benzene rings is 2. The molecule has 228 valence electrons. The van der Waals surface area contributed by atoms with Gasteiger partial charge in [-0.1, -0.05) is 54.7 Å². The van der Waals surface area contributed by atoms with Crippen molar-refractivity contribution in [3.63, 3.8) is 0 Å². The van der Waals surface area contributed by atoms with Crippen LogP contribution in [0, 0.1) is 11.8 Å². The van der Waals surface area contributed by atoms with E-state index in [4.69, 9.17) is 5.73 Å². The van der Waals surface area contributed by atoms with Crippen LogP contribution in [-0.4, -0.2) is 84.7 Å². The van der Waals surface area contributed by atoms with E-state index in [9.17, 15) is 39.9 Å². The van der Waals surface area contributed by atoms with Gasteiger partial charge in [0.25, 0.3) is 5.91 Å². The molecule has 1 saturated carbocycles. The molecule has 44 heavy (non-hydrogen) atoms. The predicted octanol–water partition coefficient (Wildman–Crippen LogP) is 2.36. The molecule has 13 heteroatoms. The number of amides is 1. The summed E-state index contributed by atoms with van der Waals surface area (Å²) in [6.45, 7) is 1.68. The number of Topliss-reactive ketones (excluding diaryl/α,β-unsaturated/α-hetero) is 2. The molecule has 0 saturated heterocycles. The molecule has 12 nitrogen and oxygen atoms in total. The number of anilines is 2. The maximum Gasteiger partial charge on any atom is 0.255 e. The highest BCUT2D eigenvalue weighted by atomic mass is 32.1. The number of aliphatic hydroxyl groups is 4. The lowest BCUT2D eigenvalue weighted by atomic mass is 9.54. The predicted molar refractivity (Wildman–Crippen MR) is 161 cm³/mol. The van der Waals surface area contributed by atoms with Gasteiger partial charge in [-0.15, -0.1) is 0 Å². The number of nitrogens with two attached hydrogens (primary N) is 1. The van der Waals surface area contributed by atoms with E-state index < -0.39 is 81.4 Å². The Kier molecular flexibility index (Phi) is 6.89. The van der Waals surface area contributed by atoms with E-state index >= 15 is 0 Å². The number of aliphatic hydroxyl groups excluding tert-OH is 3. The minimum atomic E-state index is -2.97. The van der Waals surface area contributed by atoms with Gasteiger partial charge < -0.3 is 36.6 Å². The average Bonchev–Trinajstić information content (AvgIpc) is 3.45. The molecule has 1 heterocycles.